The fraction of sp³-hybridized carbons (Fsp3) is 0.440. The van der Waals surface area contributed by atoms with Crippen molar-refractivity contribution in [3.05, 3.63) is 65.7 Å². The van der Waals surface area contributed by atoms with E-state index in [4.69, 9.17) is 0 Å². The quantitative estimate of drug-likeness (QED) is 0.513. The molecule has 0 aliphatic carbocycles. The minimum atomic E-state index is -3.71. The molecule has 1 N–H and O–H groups in total. The number of carbonyl (C=O) groups excluding carboxylic acids is 2. The summed E-state index contributed by atoms with van der Waals surface area (Å²) in [7, 11) is -3.71. The monoisotopic (exact) mass is 473 g/mol. The Labute approximate surface area is 197 Å². The SMILES string of the molecule is CCCNC(=O)[C@H](CC)N(CCc1ccccc1)C(=O)CN(c1cccc(C)c1)S(C)(=O)=O. The van der Waals surface area contributed by atoms with E-state index in [2.05, 4.69) is 5.32 Å². The third kappa shape index (κ3) is 7.89. The molecule has 0 heterocycles. The van der Waals surface area contributed by atoms with Gasteiger partial charge in [0.15, 0.2) is 0 Å². The maximum Gasteiger partial charge on any atom is 0.244 e. The smallest absolute Gasteiger partial charge is 0.244 e. The maximum absolute atomic E-state index is 13.5. The van der Waals surface area contributed by atoms with Crippen LogP contribution in [0.3, 0.4) is 0 Å². The summed E-state index contributed by atoms with van der Waals surface area (Å²) in [6, 6.07) is 16.1. The number of benzene rings is 2. The summed E-state index contributed by atoms with van der Waals surface area (Å²) in [5.74, 6) is -0.626. The first-order valence-electron chi connectivity index (χ1n) is 11.3. The molecule has 0 unspecified atom stereocenters. The molecule has 0 aromatic heterocycles. The summed E-state index contributed by atoms with van der Waals surface area (Å²) < 4.78 is 26.2. The van der Waals surface area contributed by atoms with Gasteiger partial charge in [-0.15, -0.1) is 0 Å². The van der Waals surface area contributed by atoms with Gasteiger partial charge in [-0.25, -0.2) is 8.42 Å². The van der Waals surface area contributed by atoms with Crippen molar-refractivity contribution in [2.75, 3.05) is 30.2 Å². The fourth-order valence-corrected chi connectivity index (χ4v) is 4.50. The number of rotatable bonds is 12. The van der Waals surface area contributed by atoms with E-state index < -0.39 is 22.0 Å². The molecule has 7 nitrogen and oxygen atoms in total. The number of nitrogens with zero attached hydrogens (tertiary/aromatic N) is 2. The van der Waals surface area contributed by atoms with Crippen LogP contribution < -0.4 is 9.62 Å². The lowest BCUT2D eigenvalue weighted by Gasteiger charge is -2.33. The van der Waals surface area contributed by atoms with Crippen LogP contribution in [0, 0.1) is 6.92 Å². The largest absolute Gasteiger partial charge is 0.354 e. The van der Waals surface area contributed by atoms with Gasteiger partial charge in [0.2, 0.25) is 21.8 Å². The van der Waals surface area contributed by atoms with Crippen LogP contribution in [-0.2, 0) is 26.0 Å². The number of sulfonamides is 1. The molecule has 0 aliphatic rings. The topological polar surface area (TPSA) is 86.8 Å². The number of aryl methyl sites for hydroxylation is 1. The van der Waals surface area contributed by atoms with Gasteiger partial charge in [-0.05, 0) is 49.4 Å². The van der Waals surface area contributed by atoms with E-state index in [1.165, 1.54) is 4.90 Å². The predicted molar refractivity (Wildman–Crippen MR) is 133 cm³/mol. The van der Waals surface area contributed by atoms with Gasteiger partial charge in [0.25, 0.3) is 0 Å². The zero-order valence-corrected chi connectivity index (χ0v) is 20.8. The number of anilines is 1. The molecule has 2 amide bonds. The minimum Gasteiger partial charge on any atom is -0.354 e. The van der Waals surface area contributed by atoms with Crippen LogP contribution in [0.2, 0.25) is 0 Å². The number of nitrogens with one attached hydrogen (secondary N) is 1. The van der Waals surface area contributed by atoms with Crippen molar-refractivity contribution in [3.63, 3.8) is 0 Å². The number of hydrogen-bond donors (Lipinski definition) is 1. The number of amides is 2. The molecule has 0 bridgehead atoms. The average Bonchev–Trinajstić information content (AvgIpc) is 2.78. The molecule has 0 fully saturated rings. The Hall–Kier alpha value is -2.87. The van der Waals surface area contributed by atoms with Crippen molar-refractivity contribution >= 4 is 27.5 Å². The molecule has 1 atom stereocenters. The van der Waals surface area contributed by atoms with Gasteiger partial charge >= 0.3 is 0 Å². The molecular formula is C25H35N3O4S. The van der Waals surface area contributed by atoms with E-state index in [0.717, 1.165) is 28.1 Å². The molecule has 33 heavy (non-hydrogen) atoms. The first kappa shape index (κ1) is 26.4. The molecule has 8 heteroatoms. The van der Waals surface area contributed by atoms with Crippen molar-refractivity contribution in [3.8, 4) is 0 Å². The van der Waals surface area contributed by atoms with Crippen LogP contribution in [0.5, 0.6) is 0 Å². The Morgan fingerprint density at radius 1 is 1.03 bits per heavy atom. The van der Waals surface area contributed by atoms with E-state index in [9.17, 15) is 18.0 Å². The highest BCUT2D eigenvalue weighted by atomic mass is 32.2. The highest BCUT2D eigenvalue weighted by molar-refractivity contribution is 7.92. The Kier molecular flexibility index (Phi) is 9.91. The summed E-state index contributed by atoms with van der Waals surface area (Å²) in [6.45, 7) is 6.15. The van der Waals surface area contributed by atoms with Gasteiger partial charge in [-0.1, -0.05) is 56.3 Å². The van der Waals surface area contributed by atoms with Crippen molar-refractivity contribution in [1.82, 2.24) is 10.2 Å². The summed E-state index contributed by atoms with van der Waals surface area (Å²) in [4.78, 5) is 27.9. The minimum absolute atomic E-state index is 0.220. The van der Waals surface area contributed by atoms with Crippen LogP contribution in [0.15, 0.2) is 54.6 Å². The second-order valence-corrected chi connectivity index (χ2v) is 10.1. The van der Waals surface area contributed by atoms with Gasteiger partial charge in [0.05, 0.1) is 11.9 Å². The zero-order valence-electron chi connectivity index (χ0n) is 20.0. The Morgan fingerprint density at radius 3 is 2.30 bits per heavy atom. The first-order valence-corrected chi connectivity index (χ1v) is 13.2. The lowest BCUT2D eigenvalue weighted by Crippen LogP contribution is -2.53. The molecule has 0 aliphatic heterocycles. The van der Waals surface area contributed by atoms with Crippen LogP contribution in [-0.4, -0.2) is 57.1 Å². The highest BCUT2D eigenvalue weighted by Gasteiger charge is 2.31. The normalized spacial score (nSPS) is 12.1. The van der Waals surface area contributed by atoms with Crippen molar-refractivity contribution in [2.24, 2.45) is 0 Å². The summed E-state index contributed by atoms with van der Waals surface area (Å²) in [6.07, 6.45) is 2.87. The molecule has 2 aromatic rings. The Morgan fingerprint density at radius 2 is 1.73 bits per heavy atom. The van der Waals surface area contributed by atoms with E-state index in [0.29, 0.717) is 31.6 Å². The van der Waals surface area contributed by atoms with E-state index in [1.807, 2.05) is 57.2 Å². The molecule has 180 valence electrons. The van der Waals surface area contributed by atoms with Gasteiger partial charge < -0.3 is 10.2 Å². The van der Waals surface area contributed by atoms with Crippen molar-refractivity contribution in [1.29, 1.82) is 0 Å². The zero-order chi connectivity index (χ0) is 24.4. The standard InChI is InChI=1S/C25H35N3O4S/c1-5-16-26-25(30)23(6-2)27(17-15-21-12-8-7-9-13-21)24(29)19-28(33(4,31)32)22-14-10-11-20(3)18-22/h7-14,18,23H,5-6,15-17,19H2,1-4H3,(H,26,30)/t23-/m0/s1. The fourth-order valence-electron chi connectivity index (χ4n) is 3.66. The number of hydrogen-bond acceptors (Lipinski definition) is 4. The van der Waals surface area contributed by atoms with Crippen LogP contribution in [0.25, 0.3) is 0 Å². The molecule has 2 aromatic carbocycles. The van der Waals surface area contributed by atoms with Crippen molar-refractivity contribution in [2.45, 2.75) is 46.1 Å². The maximum atomic E-state index is 13.5. The summed E-state index contributed by atoms with van der Waals surface area (Å²) >= 11 is 0. The van der Waals surface area contributed by atoms with E-state index >= 15 is 0 Å². The average molecular weight is 474 g/mol. The van der Waals surface area contributed by atoms with Crippen molar-refractivity contribution < 1.29 is 18.0 Å². The molecule has 0 radical (unpaired) electrons. The van der Waals surface area contributed by atoms with E-state index in [1.54, 1.807) is 18.2 Å². The molecule has 0 saturated carbocycles. The summed E-state index contributed by atoms with van der Waals surface area (Å²) in [5.41, 5.74) is 2.36. The summed E-state index contributed by atoms with van der Waals surface area (Å²) in [5, 5.41) is 2.87. The lowest BCUT2D eigenvalue weighted by atomic mass is 10.1. The Bertz CT molecular complexity index is 1020. The van der Waals surface area contributed by atoms with Crippen LogP contribution in [0.4, 0.5) is 5.69 Å². The molecule has 2 rings (SSSR count). The Balaban J connectivity index is 2.33. The third-order valence-electron chi connectivity index (χ3n) is 5.39. The molecule has 0 saturated heterocycles. The number of carbonyl (C=O) groups is 2. The lowest BCUT2D eigenvalue weighted by molar-refractivity contribution is -0.139. The molecule has 0 spiro atoms. The third-order valence-corrected chi connectivity index (χ3v) is 6.53. The second-order valence-electron chi connectivity index (χ2n) is 8.15. The van der Waals surface area contributed by atoms with Gasteiger partial charge in [0.1, 0.15) is 12.6 Å². The van der Waals surface area contributed by atoms with Crippen LogP contribution in [0.1, 0.15) is 37.8 Å². The molecular weight excluding hydrogens is 438 g/mol. The highest BCUT2D eigenvalue weighted by Crippen LogP contribution is 2.20. The van der Waals surface area contributed by atoms with Gasteiger partial charge in [-0.2, -0.15) is 0 Å². The van der Waals surface area contributed by atoms with Crippen LogP contribution >= 0.6 is 0 Å². The first-order chi connectivity index (χ1) is 15.7. The second kappa shape index (κ2) is 12.4. The predicted octanol–water partition coefficient (Wildman–Crippen LogP) is 3.14. The van der Waals surface area contributed by atoms with E-state index in [-0.39, 0.29) is 12.5 Å². The van der Waals surface area contributed by atoms with Gasteiger partial charge in [-0.3, -0.25) is 13.9 Å². The van der Waals surface area contributed by atoms with Gasteiger partial charge in [0, 0.05) is 13.1 Å².